The fourth-order valence-electron chi connectivity index (χ4n) is 1.79. The number of carbonyl (C=O) groups excluding carboxylic acids is 2. The van der Waals surface area contributed by atoms with E-state index in [1.54, 1.807) is 0 Å². The highest BCUT2D eigenvalue weighted by molar-refractivity contribution is 5.97. The monoisotopic (exact) mass is 197 g/mol. The molecule has 0 aromatic carbocycles. The molecule has 1 saturated heterocycles. The maximum absolute atomic E-state index is 11.6. The summed E-state index contributed by atoms with van der Waals surface area (Å²) >= 11 is 0. The van der Waals surface area contributed by atoms with Gasteiger partial charge in [-0.15, -0.1) is 0 Å². The van der Waals surface area contributed by atoms with Gasteiger partial charge in [-0.25, -0.2) is 0 Å². The average Bonchev–Trinajstić information content (AvgIpc) is 2.19. The summed E-state index contributed by atoms with van der Waals surface area (Å²) in [6.45, 7) is 3.65. The largest absolute Gasteiger partial charge is 0.342 e. The van der Waals surface area contributed by atoms with Gasteiger partial charge in [0.15, 0.2) is 0 Å². The predicted molar refractivity (Wildman–Crippen MR) is 55.0 cm³/mol. The molecule has 0 saturated carbocycles. The molecule has 1 heterocycles. The van der Waals surface area contributed by atoms with Crippen LogP contribution >= 0.6 is 0 Å². The molecule has 0 aliphatic carbocycles. The zero-order chi connectivity index (χ0) is 10.4. The molecule has 3 heteroatoms. The van der Waals surface area contributed by atoms with E-state index in [0.29, 0.717) is 6.42 Å². The van der Waals surface area contributed by atoms with Gasteiger partial charge in [0.1, 0.15) is 5.78 Å². The molecule has 1 fully saturated rings. The van der Waals surface area contributed by atoms with Crippen molar-refractivity contribution in [3.8, 4) is 0 Å². The molecule has 0 radical (unpaired) electrons. The van der Waals surface area contributed by atoms with Crippen molar-refractivity contribution < 1.29 is 9.59 Å². The van der Waals surface area contributed by atoms with E-state index in [2.05, 4.69) is 0 Å². The van der Waals surface area contributed by atoms with Crippen LogP contribution in [0.5, 0.6) is 0 Å². The van der Waals surface area contributed by atoms with Crippen molar-refractivity contribution in [1.29, 1.82) is 0 Å². The first-order valence-corrected chi connectivity index (χ1v) is 5.53. The van der Waals surface area contributed by atoms with Gasteiger partial charge in [-0.05, 0) is 25.7 Å². The second-order valence-corrected chi connectivity index (χ2v) is 3.91. The number of Topliss-reactive ketones (excluding diaryl/α,β-unsaturated/α-hetero) is 1. The maximum atomic E-state index is 11.6. The number of amides is 1. The topological polar surface area (TPSA) is 37.4 Å². The number of likely N-dealkylation sites (tertiary alicyclic amines) is 1. The van der Waals surface area contributed by atoms with E-state index < -0.39 is 0 Å². The molecule has 1 rings (SSSR count). The van der Waals surface area contributed by atoms with Gasteiger partial charge in [0.25, 0.3) is 0 Å². The van der Waals surface area contributed by atoms with Gasteiger partial charge in [0.2, 0.25) is 5.91 Å². The molecule has 3 nitrogen and oxygen atoms in total. The molecule has 0 aromatic heterocycles. The number of piperidine rings is 1. The lowest BCUT2D eigenvalue weighted by atomic mass is 10.1. The minimum Gasteiger partial charge on any atom is -0.342 e. The minimum atomic E-state index is 0.0307. The third-order valence-corrected chi connectivity index (χ3v) is 2.59. The van der Waals surface area contributed by atoms with Crippen molar-refractivity contribution in [3.05, 3.63) is 0 Å². The van der Waals surface area contributed by atoms with Crippen LogP contribution in [-0.2, 0) is 9.59 Å². The van der Waals surface area contributed by atoms with E-state index in [-0.39, 0.29) is 18.1 Å². The fraction of sp³-hybridized carbons (Fsp3) is 0.818. The third-order valence-electron chi connectivity index (χ3n) is 2.59. The average molecular weight is 197 g/mol. The van der Waals surface area contributed by atoms with Gasteiger partial charge in [-0.3, -0.25) is 9.59 Å². The van der Waals surface area contributed by atoms with E-state index >= 15 is 0 Å². The summed E-state index contributed by atoms with van der Waals surface area (Å²) in [6, 6.07) is 0. The first-order valence-electron chi connectivity index (χ1n) is 5.53. The smallest absolute Gasteiger partial charge is 0.230 e. The highest BCUT2D eigenvalue weighted by Gasteiger charge is 2.18. The summed E-state index contributed by atoms with van der Waals surface area (Å²) in [4.78, 5) is 24.7. The van der Waals surface area contributed by atoms with Crippen LogP contribution in [0.1, 0.15) is 45.4 Å². The summed E-state index contributed by atoms with van der Waals surface area (Å²) in [5.74, 6) is 0.117. The minimum absolute atomic E-state index is 0.0307. The molecular weight excluding hydrogens is 178 g/mol. The van der Waals surface area contributed by atoms with E-state index in [0.717, 1.165) is 32.4 Å². The van der Waals surface area contributed by atoms with Crippen molar-refractivity contribution >= 4 is 11.7 Å². The Morgan fingerprint density at radius 3 is 2.36 bits per heavy atom. The summed E-state index contributed by atoms with van der Waals surface area (Å²) < 4.78 is 0. The molecule has 0 unspecified atom stereocenters. The zero-order valence-corrected chi connectivity index (χ0v) is 8.92. The van der Waals surface area contributed by atoms with Gasteiger partial charge in [0, 0.05) is 19.5 Å². The lowest BCUT2D eigenvalue weighted by molar-refractivity contribution is -0.136. The van der Waals surface area contributed by atoms with Gasteiger partial charge >= 0.3 is 0 Å². The van der Waals surface area contributed by atoms with E-state index in [9.17, 15) is 9.59 Å². The SMILES string of the molecule is CCCC(=O)CC(=O)N1CCCCC1. The second kappa shape index (κ2) is 5.78. The van der Waals surface area contributed by atoms with E-state index in [4.69, 9.17) is 0 Å². The summed E-state index contributed by atoms with van der Waals surface area (Å²) in [5.41, 5.74) is 0. The molecule has 1 aliphatic rings. The Morgan fingerprint density at radius 2 is 1.79 bits per heavy atom. The van der Waals surface area contributed by atoms with Gasteiger partial charge in [0.05, 0.1) is 6.42 Å². The third kappa shape index (κ3) is 3.48. The lowest BCUT2D eigenvalue weighted by Crippen LogP contribution is -2.36. The van der Waals surface area contributed by atoms with Crippen LogP contribution in [0.15, 0.2) is 0 Å². The van der Waals surface area contributed by atoms with Crippen LogP contribution < -0.4 is 0 Å². The number of carbonyl (C=O) groups is 2. The van der Waals surface area contributed by atoms with Gasteiger partial charge in [-0.1, -0.05) is 6.92 Å². The van der Waals surface area contributed by atoms with Crippen LogP contribution in [0.25, 0.3) is 0 Å². The molecular formula is C11H19NO2. The molecule has 0 aromatic rings. The Bertz CT molecular complexity index is 207. The molecule has 0 bridgehead atoms. The first-order chi connectivity index (χ1) is 6.74. The highest BCUT2D eigenvalue weighted by Crippen LogP contribution is 2.10. The second-order valence-electron chi connectivity index (χ2n) is 3.91. The normalized spacial score (nSPS) is 16.8. The molecule has 0 atom stereocenters. The van der Waals surface area contributed by atoms with Crippen molar-refractivity contribution in [2.24, 2.45) is 0 Å². The van der Waals surface area contributed by atoms with Crippen molar-refractivity contribution in [3.63, 3.8) is 0 Å². The lowest BCUT2D eigenvalue weighted by Gasteiger charge is -2.26. The molecule has 1 aliphatic heterocycles. The number of hydrogen-bond donors (Lipinski definition) is 0. The molecule has 1 amide bonds. The van der Waals surface area contributed by atoms with E-state index in [1.807, 2.05) is 11.8 Å². The fourth-order valence-corrected chi connectivity index (χ4v) is 1.79. The van der Waals surface area contributed by atoms with E-state index in [1.165, 1.54) is 6.42 Å². The Hall–Kier alpha value is -0.860. The summed E-state index contributed by atoms with van der Waals surface area (Å²) in [6.07, 6.45) is 4.90. The maximum Gasteiger partial charge on any atom is 0.230 e. The number of hydrogen-bond acceptors (Lipinski definition) is 2. The molecule has 0 N–H and O–H groups in total. The zero-order valence-electron chi connectivity index (χ0n) is 8.92. The highest BCUT2D eigenvalue weighted by atomic mass is 16.2. The van der Waals surface area contributed by atoms with Crippen LogP contribution in [0.4, 0.5) is 0 Å². The van der Waals surface area contributed by atoms with Crippen LogP contribution in [0.3, 0.4) is 0 Å². The van der Waals surface area contributed by atoms with Gasteiger partial charge in [-0.2, -0.15) is 0 Å². The van der Waals surface area contributed by atoms with Gasteiger partial charge < -0.3 is 4.90 Å². The van der Waals surface area contributed by atoms with Crippen molar-refractivity contribution in [2.75, 3.05) is 13.1 Å². The van der Waals surface area contributed by atoms with Crippen molar-refractivity contribution in [1.82, 2.24) is 4.90 Å². The molecule has 14 heavy (non-hydrogen) atoms. The standard InChI is InChI=1S/C11H19NO2/c1-2-6-10(13)9-11(14)12-7-4-3-5-8-12/h2-9H2,1H3. The molecule has 0 spiro atoms. The Labute approximate surface area is 85.5 Å². The quantitative estimate of drug-likeness (QED) is 0.644. The molecule has 80 valence electrons. The number of nitrogens with zero attached hydrogens (tertiary/aromatic N) is 1. The first kappa shape index (κ1) is 11.2. The Morgan fingerprint density at radius 1 is 1.14 bits per heavy atom. The van der Waals surface area contributed by atoms with Crippen LogP contribution in [0, 0.1) is 0 Å². The van der Waals surface area contributed by atoms with Crippen molar-refractivity contribution in [2.45, 2.75) is 45.4 Å². The predicted octanol–water partition coefficient (Wildman–Crippen LogP) is 1.76. The number of rotatable bonds is 4. The Kier molecular flexibility index (Phi) is 4.63. The Balaban J connectivity index is 2.29. The number of ketones is 1. The summed E-state index contributed by atoms with van der Waals surface area (Å²) in [7, 11) is 0. The van der Waals surface area contributed by atoms with Crippen LogP contribution in [-0.4, -0.2) is 29.7 Å². The summed E-state index contributed by atoms with van der Waals surface area (Å²) in [5, 5.41) is 0. The van der Waals surface area contributed by atoms with Crippen LogP contribution in [0.2, 0.25) is 0 Å².